The van der Waals surface area contributed by atoms with E-state index >= 15 is 0 Å². The first-order valence-electron chi connectivity index (χ1n) is 10.7. The molecule has 0 spiro atoms. The molecule has 0 bridgehead atoms. The summed E-state index contributed by atoms with van der Waals surface area (Å²) < 4.78 is 8.88. The average molecular weight is 442 g/mol. The number of anilines is 1. The summed E-state index contributed by atoms with van der Waals surface area (Å²) >= 11 is 1.77. The highest BCUT2D eigenvalue weighted by atomic mass is 32.1. The summed E-state index contributed by atoms with van der Waals surface area (Å²) in [6.07, 6.45) is 0.921. The summed E-state index contributed by atoms with van der Waals surface area (Å²) in [5.74, 6) is 0.673. The fraction of sp³-hybridized carbons (Fsp3) is 0.524. The van der Waals surface area contributed by atoms with Crippen LogP contribution in [-0.4, -0.2) is 68.8 Å². The van der Waals surface area contributed by atoms with E-state index in [1.54, 1.807) is 32.8 Å². The van der Waals surface area contributed by atoms with Crippen LogP contribution in [0.5, 0.6) is 0 Å². The lowest BCUT2D eigenvalue weighted by Crippen LogP contribution is -2.47. The van der Waals surface area contributed by atoms with Crippen LogP contribution in [0.15, 0.2) is 23.0 Å². The van der Waals surface area contributed by atoms with E-state index in [4.69, 9.17) is 9.72 Å². The van der Waals surface area contributed by atoms with E-state index in [1.807, 2.05) is 19.9 Å². The number of thiazole rings is 1. The number of piperazine rings is 1. The molecular formula is C21H27N7O2S. The highest BCUT2D eigenvalue weighted by molar-refractivity contribution is 7.15. The molecule has 0 aromatic carbocycles. The van der Waals surface area contributed by atoms with Gasteiger partial charge in [-0.1, -0.05) is 11.3 Å². The van der Waals surface area contributed by atoms with Crippen LogP contribution in [0.2, 0.25) is 0 Å². The molecule has 2 aliphatic heterocycles. The molecule has 0 atom stereocenters. The second-order valence-corrected chi connectivity index (χ2v) is 9.15. The molecule has 0 unspecified atom stereocenters. The average Bonchev–Trinajstić information content (AvgIpc) is 3.36. The zero-order valence-electron chi connectivity index (χ0n) is 18.0. The van der Waals surface area contributed by atoms with Gasteiger partial charge in [0.15, 0.2) is 10.9 Å². The molecule has 2 aliphatic rings. The van der Waals surface area contributed by atoms with Gasteiger partial charge in [-0.3, -0.25) is 9.69 Å². The lowest BCUT2D eigenvalue weighted by atomic mass is 10.2. The number of aromatic nitrogens is 5. The topological polar surface area (TPSA) is 81.3 Å². The lowest BCUT2D eigenvalue weighted by molar-refractivity contribution is 0.112. The van der Waals surface area contributed by atoms with Crippen LogP contribution < -0.4 is 10.5 Å². The molecule has 3 aromatic rings. The van der Waals surface area contributed by atoms with E-state index in [0.717, 1.165) is 62.3 Å². The number of hydrogen-bond donors (Lipinski definition) is 0. The van der Waals surface area contributed by atoms with Crippen molar-refractivity contribution in [3.63, 3.8) is 0 Å². The van der Waals surface area contributed by atoms with Crippen LogP contribution in [0.4, 0.5) is 5.13 Å². The third kappa shape index (κ3) is 4.28. The number of nitrogens with zero attached hydrogens (tertiary/aromatic N) is 7. The van der Waals surface area contributed by atoms with Crippen molar-refractivity contribution in [3.05, 3.63) is 50.5 Å². The fourth-order valence-corrected chi connectivity index (χ4v) is 5.21. The maximum atomic E-state index is 12.3. The molecule has 1 saturated heterocycles. The van der Waals surface area contributed by atoms with Gasteiger partial charge in [-0.2, -0.15) is 5.10 Å². The number of hydrogen-bond acceptors (Lipinski definition) is 8. The normalized spacial score (nSPS) is 17.2. The largest absolute Gasteiger partial charge is 0.375 e. The molecule has 10 heteroatoms. The van der Waals surface area contributed by atoms with Gasteiger partial charge in [0.25, 0.3) is 5.56 Å². The second kappa shape index (κ2) is 8.52. The Labute approximate surface area is 184 Å². The van der Waals surface area contributed by atoms with Gasteiger partial charge in [-0.15, -0.1) is 5.10 Å². The molecule has 0 radical (unpaired) electrons. The van der Waals surface area contributed by atoms with Crippen molar-refractivity contribution in [2.24, 2.45) is 0 Å². The first-order valence-corrected chi connectivity index (χ1v) is 11.5. The molecule has 164 valence electrons. The first kappa shape index (κ1) is 20.3. The molecule has 3 aromatic heterocycles. The van der Waals surface area contributed by atoms with Crippen molar-refractivity contribution < 1.29 is 4.74 Å². The summed E-state index contributed by atoms with van der Waals surface area (Å²) in [6.45, 7) is 10.6. The minimum absolute atomic E-state index is 0.0838. The smallest absolute Gasteiger partial charge is 0.266 e. The quantitative estimate of drug-likeness (QED) is 0.592. The van der Waals surface area contributed by atoms with Crippen molar-refractivity contribution >= 4 is 16.5 Å². The van der Waals surface area contributed by atoms with E-state index in [-0.39, 0.29) is 5.56 Å². The van der Waals surface area contributed by atoms with Crippen molar-refractivity contribution in [1.29, 1.82) is 0 Å². The third-order valence-corrected chi connectivity index (χ3v) is 6.97. The Morgan fingerprint density at radius 1 is 1.10 bits per heavy atom. The first-order chi connectivity index (χ1) is 15.1. The van der Waals surface area contributed by atoms with Gasteiger partial charge in [0.05, 0.1) is 36.0 Å². The van der Waals surface area contributed by atoms with E-state index in [0.29, 0.717) is 19.0 Å². The molecule has 1 fully saturated rings. The molecule has 0 N–H and O–H groups in total. The summed E-state index contributed by atoms with van der Waals surface area (Å²) in [5.41, 5.74) is 3.06. The van der Waals surface area contributed by atoms with Crippen LogP contribution in [0.1, 0.15) is 22.0 Å². The predicted molar refractivity (Wildman–Crippen MR) is 119 cm³/mol. The summed E-state index contributed by atoms with van der Waals surface area (Å²) in [6, 6.07) is 5.31. The van der Waals surface area contributed by atoms with Gasteiger partial charge in [0.1, 0.15) is 0 Å². The molecule has 31 heavy (non-hydrogen) atoms. The molecule has 0 saturated carbocycles. The molecular weight excluding hydrogens is 414 g/mol. The third-order valence-electron chi connectivity index (χ3n) is 5.83. The van der Waals surface area contributed by atoms with Crippen LogP contribution in [0.25, 0.3) is 5.82 Å². The Kier molecular flexibility index (Phi) is 5.59. The van der Waals surface area contributed by atoms with E-state index < -0.39 is 0 Å². The number of rotatable bonds is 5. The predicted octanol–water partition coefficient (Wildman–Crippen LogP) is 1.40. The van der Waals surface area contributed by atoms with Gasteiger partial charge >= 0.3 is 0 Å². The maximum Gasteiger partial charge on any atom is 0.266 e. The minimum Gasteiger partial charge on any atom is -0.375 e. The Balaban J connectivity index is 1.20. The number of ether oxygens (including phenoxy) is 1. The van der Waals surface area contributed by atoms with Crippen LogP contribution in [0, 0.1) is 13.8 Å². The van der Waals surface area contributed by atoms with Crippen molar-refractivity contribution in [1.82, 2.24) is 29.4 Å². The minimum atomic E-state index is -0.0838. The standard InChI is InChI=1S/C21H27N7O2S/c1-15-13-16(2)28(23-15)19-3-4-20(29)27(24-19)11-8-25-6-9-26(10-7-25)21-22-17-5-12-30-14-18(17)31-21/h3-4,13H,5-12,14H2,1-2H3. The second-order valence-electron chi connectivity index (χ2n) is 8.09. The fourth-order valence-electron chi connectivity index (χ4n) is 4.12. The summed E-state index contributed by atoms with van der Waals surface area (Å²) in [7, 11) is 0. The van der Waals surface area contributed by atoms with Gasteiger partial charge in [-0.25, -0.2) is 14.3 Å². The van der Waals surface area contributed by atoms with Crippen molar-refractivity contribution in [2.45, 2.75) is 33.4 Å². The van der Waals surface area contributed by atoms with Gasteiger partial charge in [0, 0.05) is 50.9 Å². The molecule has 9 nitrogen and oxygen atoms in total. The Bertz CT molecular complexity index is 1100. The van der Waals surface area contributed by atoms with E-state index in [9.17, 15) is 4.79 Å². The van der Waals surface area contributed by atoms with Gasteiger partial charge < -0.3 is 9.64 Å². The number of fused-ring (bicyclic) bond motifs is 1. The van der Waals surface area contributed by atoms with Crippen molar-refractivity contribution in [2.75, 3.05) is 44.2 Å². The van der Waals surface area contributed by atoms with E-state index in [1.165, 1.54) is 10.6 Å². The van der Waals surface area contributed by atoms with Crippen LogP contribution in [0.3, 0.4) is 0 Å². The Morgan fingerprint density at radius 3 is 2.68 bits per heavy atom. The monoisotopic (exact) mass is 441 g/mol. The SMILES string of the molecule is Cc1cc(C)n(-c2ccc(=O)n(CCN3CCN(c4nc5c(s4)COCC5)CC3)n2)n1. The zero-order valence-corrected chi connectivity index (χ0v) is 18.8. The lowest BCUT2D eigenvalue weighted by Gasteiger charge is -2.34. The summed E-state index contributed by atoms with van der Waals surface area (Å²) in [4.78, 5) is 23.2. The zero-order chi connectivity index (χ0) is 21.4. The number of aryl methyl sites for hydroxylation is 2. The molecule has 5 heterocycles. The van der Waals surface area contributed by atoms with Gasteiger partial charge in [0.2, 0.25) is 0 Å². The van der Waals surface area contributed by atoms with Crippen molar-refractivity contribution in [3.8, 4) is 5.82 Å². The van der Waals surface area contributed by atoms with E-state index in [2.05, 4.69) is 20.0 Å². The maximum absolute atomic E-state index is 12.3. The highest BCUT2D eigenvalue weighted by Gasteiger charge is 2.23. The molecule has 0 amide bonds. The Hall–Kier alpha value is -2.56. The highest BCUT2D eigenvalue weighted by Crippen LogP contribution is 2.30. The summed E-state index contributed by atoms with van der Waals surface area (Å²) in [5, 5.41) is 10.1. The Morgan fingerprint density at radius 2 is 1.94 bits per heavy atom. The molecule has 5 rings (SSSR count). The van der Waals surface area contributed by atoms with Crippen LogP contribution in [-0.2, 0) is 24.3 Å². The van der Waals surface area contributed by atoms with Crippen LogP contribution >= 0.6 is 11.3 Å². The van der Waals surface area contributed by atoms with Gasteiger partial charge in [-0.05, 0) is 26.0 Å². The molecule has 0 aliphatic carbocycles.